The van der Waals surface area contributed by atoms with E-state index >= 15 is 0 Å². The van der Waals surface area contributed by atoms with Crippen molar-refractivity contribution < 1.29 is 18.6 Å². The third-order valence-corrected chi connectivity index (χ3v) is 1.39. The minimum Gasteiger partial charge on any atom is -0.505 e. The number of phenolic OH excluding ortho intramolecular Hbond substituents is 1. The number of phenols is 1. The molecular formula is C9H10F2O2. The Hall–Kier alpha value is -1.32. The first-order valence-corrected chi connectivity index (χ1v) is 3.86. The quantitative estimate of drug-likeness (QED) is 0.772. The minimum atomic E-state index is -1.28. The summed E-state index contributed by atoms with van der Waals surface area (Å²) in [5.74, 6) is -3.34. The highest BCUT2D eigenvalue weighted by atomic mass is 19.2. The van der Waals surface area contributed by atoms with Crippen LogP contribution in [0.15, 0.2) is 12.1 Å². The van der Waals surface area contributed by atoms with Crippen molar-refractivity contribution in [3.63, 3.8) is 0 Å². The highest BCUT2D eigenvalue weighted by Gasteiger charge is 2.14. The summed E-state index contributed by atoms with van der Waals surface area (Å²) in [6.07, 6.45) is -0.238. The predicted octanol–water partition coefficient (Wildman–Crippen LogP) is 2.46. The smallest absolute Gasteiger partial charge is 0.204 e. The van der Waals surface area contributed by atoms with Gasteiger partial charge in [0.05, 0.1) is 6.10 Å². The molecule has 0 aliphatic rings. The fourth-order valence-corrected chi connectivity index (χ4v) is 0.867. The van der Waals surface area contributed by atoms with Gasteiger partial charge in [-0.25, -0.2) is 0 Å². The van der Waals surface area contributed by atoms with E-state index < -0.39 is 17.4 Å². The van der Waals surface area contributed by atoms with Crippen molar-refractivity contribution in [2.45, 2.75) is 20.0 Å². The molecule has 72 valence electrons. The van der Waals surface area contributed by atoms with Gasteiger partial charge in [-0.2, -0.15) is 8.78 Å². The molecule has 0 fully saturated rings. The Kier molecular flexibility index (Phi) is 2.70. The molecule has 13 heavy (non-hydrogen) atoms. The van der Waals surface area contributed by atoms with Gasteiger partial charge in [-0.1, -0.05) is 0 Å². The van der Waals surface area contributed by atoms with Gasteiger partial charge in [0, 0.05) is 0 Å². The van der Waals surface area contributed by atoms with Crippen LogP contribution in [0.25, 0.3) is 0 Å². The van der Waals surface area contributed by atoms with Gasteiger partial charge in [0.1, 0.15) is 0 Å². The minimum absolute atomic E-state index is 0.190. The second-order valence-electron chi connectivity index (χ2n) is 2.88. The van der Waals surface area contributed by atoms with Crippen LogP contribution in [0.5, 0.6) is 11.5 Å². The Labute approximate surface area is 74.8 Å². The molecule has 0 aliphatic heterocycles. The monoisotopic (exact) mass is 188 g/mol. The molecule has 0 aromatic heterocycles. The highest BCUT2D eigenvalue weighted by Crippen LogP contribution is 2.26. The van der Waals surface area contributed by atoms with Gasteiger partial charge in [-0.05, 0) is 26.0 Å². The lowest BCUT2D eigenvalue weighted by molar-refractivity contribution is 0.226. The largest absolute Gasteiger partial charge is 0.505 e. The molecule has 1 aromatic rings. The van der Waals surface area contributed by atoms with Crippen molar-refractivity contribution >= 4 is 0 Å². The Morgan fingerprint density at radius 3 is 2.38 bits per heavy atom. The molecule has 0 bridgehead atoms. The molecule has 0 atom stereocenters. The lowest BCUT2D eigenvalue weighted by Crippen LogP contribution is -2.07. The van der Waals surface area contributed by atoms with Crippen LogP contribution in [0, 0.1) is 11.6 Å². The predicted molar refractivity (Wildman–Crippen MR) is 43.8 cm³/mol. The van der Waals surface area contributed by atoms with Crippen LogP contribution in [-0.2, 0) is 0 Å². The van der Waals surface area contributed by atoms with E-state index in [4.69, 9.17) is 9.84 Å². The molecular weight excluding hydrogens is 178 g/mol. The molecule has 0 radical (unpaired) electrons. The number of benzene rings is 1. The zero-order valence-corrected chi connectivity index (χ0v) is 7.34. The van der Waals surface area contributed by atoms with Gasteiger partial charge in [-0.3, -0.25) is 0 Å². The first-order chi connectivity index (χ1) is 6.02. The maximum Gasteiger partial charge on any atom is 0.204 e. The summed E-state index contributed by atoms with van der Waals surface area (Å²) in [6.45, 7) is 3.40. The molecule has 1 N–H and O–H groups in total. The Balaban J connectivity index is 3.04. The van der Waals surface area contributed by atoms with E-state index in [9.17, 15) is 8.78 Å². The van der Waals surface area contributed by atoms with E-state index in [1.807, 2.05) is 0 Å². The second kappa shape index (κ2) is 3.60. The van der Waals surface area contributed by atoms with Crippen LogP contribution < -0.4 is 4.74 Å². The van der Waals surface area contributed by atoms with Crippen LogP contribution in [0.3, 0.4) is 0 Å². The molecule has 0 unspecified atom stereocenters. The number of hydrogen-bond acceptors (Lipinski definition) is 2. The molecule has 0 spiro atoms. The molecule has 2 nitrogen and oxygen atoms in total. The van der Waals surface area contributed by atoms with Crippen molar-refractivity contribution in [2.24, 2.45) is 0 Å². The van der Waals surface area contributed by atoms with E-state index in [2.05, 4.69) is 0 Å². The summed E-state index contributed by atoms with van der Waals surface area (Å²) in [6, 6.07) is 2.24. The SMILES string of the molecule is CC(C)Oc1ccc(O)c(F)c1F. The number of rotatable bonds is 2. The molecule has 0 amide bonds. The molecule has 0 saturated heterocycles. The average Bonchev–Trinajstić information content (AvgIpc) is 2.06. The van der Waals surface area contributed by atoms with Crippen molar-refractivity contribution in [2.75, 3.05) is 0 Å². The Bertz CT molecular complexity index is 311. The topological polar surface area (TPSA) is 29.5 Å². The van der Waals surface area contributed by atoms with E-state index in [-0.39, 0.29) is 11.9 Å². The Morgan fingerprint density at radius 2 is 1.85 bits per heavy atom. The second-order valence-corrected chi connectivity index (χ2v) is 2.88. The first-order valence-electron chi connectivity index (χ1n) is 3.86. The summed E-state index contributed by atoms with van der Waals surface area (Å²) in [4.78, 5) is 0. The molecule has 1 rings (SSSR count). The maximum atomic E-state index is 13.0. The van der Waals surface area contributed by atoms with Crippen LogP contribution in [0.1, 0.15) is 13.8 Å². The molecule has 0 saturated carbocycles. The molecule has 1 aromatic carbocycles. The highest BCUT2D eigenvalue weighted by molar-refractivity contribution is 5.34. The maximum absolute atomic E-state index is 13.0. The number of halogens is 2. The van der Waals surface area contributed by atoms with Crippen LogP contribution in [0.4, 0.5) is 8.78 Å². The summed E-state index contributed by atoms with van der Waals surface area (Å²) >= 11 is 0. The Morgan fingerprint density at radius 1 is 1.23 bits per heavy atom. The van der Waals surface area contributed by atoms with Crippen molar-refractivity contribution in [3.05, 3.63) is 23.8 Å². The number of hydrogen-bond donors (Lipinski definition) is 1. The number of aromatic hydroxyl groups is 1. The zero-order valence-electron chi connectivity index (χ0n) is 7.34. The summed E-state index contributed by atoms with van der Waals surface area (Å²) in [7, 11) is 0. The van der Waals surface area contributed by atoms with Crippen LogP contribution in [0.2, 0.25) is 0 Å². The third kappa shape index (κ3) is 2.08. The normalized spacial score (nSPS) is 10.5. The standard InChI is InChI=1S/C9H10F2O2/c1-5(2)13-7-4-3-6(12)8(10)9(7)11/h3-5,12H,1-2H3. The molecule has 0 aliphatic carbocycles. The van der Waals surface area contributed by atoms with Crippen LogP contribution in [-0.4, -0.2) is 11.2 Å². The van der Waals surface area contributed by atoms with Gasteiger partial charge in [0.2, 0.25) is 11.6 Å². The van der Waals surface area contributed by atoms with E-state index in [1.165, 1.54) is 6.07 Å². The van der Waals surface area contributed by atoms with E-state index in [0.29, 0.717) is 0 Å². The lowest BCUT2D eigenvalue weighted by atomic mass is 10.3. The molecule has 0 heterocycles. The zero-order chi connectivity index (χ0) is 10.0. The summed E-state index contributed by atoms with van der Waals surface area (Å²) in [5.41, 5.74) is 0. The van der Waals surface area contributed by atoms with Gasteiger partial charge in [0.15, 0.2) is 11.5 Å². The van der Waals surface area contributed by atoms with Crippen molar-refractivity contribution in [3.8, 4) is 11.5 Å². The van der Waals surface area contributed by atoms with Gasteiger partial charge >= 0.3 is 0 Å². The summed E-state index contributed by atoms with van der Waals surface area (Å²) in [5, 5.41) is 8.79. The van der Waals surface area contributed by atoms with Crippen molar-refractivity contribution in [1.82, 2.24) is 0 Å². The lowest BCUT2D eigenvalue weighted by Gasteiger charge is -2.10. The van der Waals surface area contributed by atoms with Gasteiger partial charge < -0.3 is 9.84 Å². The van der Waals surface area contributed by atoms with E-state index in [1.54, 1.807) is 13.8 Å². The molecule has 4 heteroatoms. The summed E-state index contributed by atoms with van der Waals surface area (Å²) < 4.78 is 30.7. The van der Waals surface area contributed by atoms with E-state index in [0.717, 1.165) is 6.07 Å². The number of ether oxygens (including phenoxy) is 1. The average molecular weight is 188 g/mol. The fourth-order valence-electron chi connectivity index (χ4n) is 0.867. The van der Waals surface area contributed by atoms with Crippen LogP contribution >= 0.6 is 0 Å². The fraction of sp³-hybridized carbons (Fsp3) is 0.333. The van der Waals surface area contributed by atoms with Crippen molar-refractivity contribution in [1.29, 1.82) is 0 Å². The first kappa shape index (κ1) is 9.77. The van der Waals surface area contributed by atoms with Gasteiger partial charge in [-0.15, -0.1) is 0 Å². The third-order valence-electron chi connectivity index (χ3n) is 1.39. The van der Waals surface area contributed by atoms with Gasteiger partial charge in [0.25, 0.3) is 0 Å².